The molecule has 0 aromatic heterocycles. The van der Waals surface area contributed by atoms with Gasteiger partial charge in [-0.25, -0.2) is 0 Å². The van der Waals surface area contributed by atoms with E-state index in [1.54, 1.807) is 6.08 Å². The molecule has 0 bridgehead atoms. The lowest BCUT2D eigenvalue weighted by atomic mass is 10.1. The first-order valence-electron chi connectivity index (χ1n) is 3.42. The number of hydrogen-bond donors (Lipinski definition) is 0. The summed E-state index contributed by atoms with van der Waals surface area (Å²) in [7, 11) is 0. The highest BCUT2D eigenvalue weighted by Gasteiger charge is 2.12. The average Bonchev–Trinajstić information content (AvgIpc) is 2.47. The number of nitrogens with zero attached hydrogens (tertiary/aromatic N) is 2. The molecule has 0 aliphatic carbocycles. The molecule has 0 fully saturated rings. The minimum Gasteiger partial charge on any atom is -0.150 e. The second kappa shape index (κ2) is 2.23. The van der Waals surface area contributed by atoms with Gasteiger partial charge in [0.2, 0.25) is 0 Å². The number of hydrogen-bond acceptors (Lipinski definition) is 1. The van der Waals surface area contributed by atoms with Crippen molar-refractivity contribution in [3.05, 3.63) is 42.5 Å². The van der Waals surface area contributed by atoms with Crippen molar-refractivity contribution in [1.82, 2.24) is 5.43 Å². The summed E-state index contributed by atoms with van der Waals surface area (Å²) in [4.78, 5) is 0. The number of rotatable bonds is 1. The van der Waals surface area contributed by atoms with Gasteiger partial charge in [-0.2, -0.15) is 0 Å². The fraction of sp³-hybridized carbons (Fsp3) is 0. The van der Waals surface area contributed by atoms with Crippen molar-refractivity contribution < 1.29 is 0 Å². The molecule has 0 saturated carbocycles. The third kappa shape index (κ3) is 0.835. The summed E-state index contributed by atoms with van der Waals surface area (Å²) in [5.41, 5.74) is 6.83. The van der Waals surface area contributed by atoms with E-state index in [2.05, 4.69) is 17.1 Å². The van der Waals surface area contributed by atoms with Crippen LogP contribution in [0.25, 0.3) is 0 Å². The molecule has 0 spiro atoms. The topological polar surface area (TPSA) is 26.5 Å². The van der Waals surface area contributed by atoms with Gasteiger partial charge >= 0.3 is 0 Å². The van der Waals surface area contributed by atoms with Crippen molar-refractivity contribution in [3.8, 4) is 0 Å². The fourth-order valence-corrected chi connectivity index (χ4v) is 1.09. The van der Waals surface area contributed by atoms with Gasteiger partial charge in [-0.1, -0.05) is 24.8 Å². The minimum absolute atomic E-state index is 0.862. The van der Waals surface area contributed by atoms with Gasteiger partial charge < -0.3 is 0 Å². The molecular weight excluding hydrogens is 136 g/mol. The molecule has 1 aromatic rings. The summed E-state index contributed by atoms with van der Waals surface area (Å²) in [6, 6.07) is 7.85. The zero-order valence-corrected chi connectivity index (χ0v) is 5.99. The summed E-state index contributed by atoms with van der Waals surface area (Å²) < 4.78 is 0. The van der Waals surface area contributed by atoms with Gasteiger partial charge in [0, 0.05) is 5.56 Å². The molecule has 53 valence electrons. The van der Waals surface area contributed by atoms with Crippen LogP contribution < -0.4 is 5.43 Å². The van der Waals surface area contributed by atoms with Crippen molar-refractivity contribution in [2.24, 2.45) is 5.10 Å². The van der Waals surface area contributed by atoms with Crippen LogP contribution in [-0.4, -0.2) is 5.71 Å². The standard InChI is InChI=1S/C9H7N2/c1-2-8-7-5-3-4-6-9(7)11-10-8/h2-6H,1H2. The quantitative estimate of drug-likeness (QED) is 0.573. The van der Waals surface area contributed by atoms with Crippen molar-refractivity contribution in [2.45, 2.75) is 0 Å². The van der Waals surface area contributed by atoms with Crippen LogP contribution in [0.5, 0.6) is 0 Å². The van der Waals surface area contributed by atoms with Crippen LogP contribution in [0.2, 0.25) is 0 Å². The largest absolute Gasteiger partial charge is 0.150 e. The van der Waals surface area contributed by atoms with Crippen LogP contribution >= 0.6 is 0 Å². The zero-order chi connectivity index (χ0) is 7.68. The van der Waals surface area contributed by atoms with E-state index in [1.807, 2.05) is 24.3 Å². The van der Waals surface area contributed by atoms with E-state index in [0.29, 0.717) is 0 Å². The molecule has 0 atom stereocenters. The van der Waals surface area contributed by atoms with Crippen LogP contribution in [-0.2, 0) is 0 Å². The summed E-state index contributed by atoms with van der Waals surface area (Å²) >= 11 is 0. The Morgan fingerprint density at radius 3 is 2.91 bits per heavy atom. The molecule has 11 heavy (non-hydrogen) atoms. The lowest BCUT2D eigenvalue weighted by molar-refractivity contribution is 0.988. The predicted molar refractivity (Wildman–Crippen MR) is 45.0 cm³/mol. The van der Waals surface area contributed by atoms with Crippen molar-refractivity contribution in [3.63, 3.8) is 0 Å². The van der Waals surface area contributed by atoms with Gasteiger partial charge in [-0.15, -0.1) is 10.5 Å². The van der Waals surface area contributed by atoms with Gasteiger partial charge in [0.15, 0.2) is 0 Å². The molecule has 0 saturated heterocycles. The van der Waals surface area contributed by atoms with Crippen LogP contribution in [0.15, 0.2) is 42.0 Å². The van der Waals surface area contributed by atoms with Gasteiger partial charge in [0.05, 0.1) is 11.4 Å². The van der Waals surface area contributed by atoms with E-state index in [-0.39, 0.29) is 0 Å². The van der Waals surface area contributed by atoms with Crippen molar-refractivity contribution in [2.75, 3.05) is 0 Å². The lowest BCUT2D eigenvalue weighted by Crippen LogP contribution is -1.88. The first-order valence-corrected chi connectivity index (χ1v) is 3.42. The van der Waals surface area contributed by atoms with E-state index < -0.39 is 0 Å². The first-order chi connectivity index (χ1) is 5.42. The maximum atomic E-state index is 3.97. The smallest absolute Gasteiger partial charge is 0.0951 e. The SMILES string of the molecule is C=CC1=N[N]c2ccccc21. The average molecular weight is 143 g/mol. The maximum Gasteiger partial charge on any atom is 0.0951 e. The molecule has 2 nitrogen and oxygen atoms in total. The molecule has 1 radical (unpaired) electrons. The first kappa shape index (κ1) is 6.16. The van der Waals surface area contributed by atoms with Crippen LogP contribution in [0.3, 0.4) is 0 Å². The molecule has 0 unspecified atom stereocenters. The Hall–Kier alpha value is -1.57. The third-order valence-corrected chi connectivity index (χ3v) is 1.64. The molecule has 2 rings (SSSR count). The Labute approximate surface area is 65.2 Å². The van der Waals surface area contributed by atoms with Crippen LogP contribution in [0.1, 0.15) is 5.56 Å². The summed E-state index contributed by atoms with van der Waals surface area (Å²) in [6.45, 7) is 3.65. The fourth-order valence-electron chi connectivity index (χ4n) is 1.09. The monoisotopic (exact) mass is 143 g/mol. The predicted octanol–water partition coefficient (Wildman–Crippen LogP) is 1.83. The molecule has 0 amide bonds. The number of benzene rings is 1. The third-order valence-electron chi connectivity index (χ3n) is 1.64. The van der Waals surface area contributed by atoms with E-state index >= 15 is 0 Å². The van der Waals surface area contributed by atoms with Crippen LogP contribution in [0.4, 0.5) is 5.69 Å². The number of fused-ring (bicyclic) bond motifs is 1. The molecule has 2 heteroatoms. The van der Waals surface area contributed by atoms with E-state index in [0.717, 1.165) is 17.0 Å². The Morgan fingerprint density at radius 1 is 1.27 bits per heavy atom. The Kier molecular flexibility index (Phi) is 1.25. The summed E-state index contributed by atoms with van der Waals surface area (Å²) in [6.07, 6.45) is 1.72. The van der Waals surface area contributed by atoms with Crippen LogP contribution in [0, 0.1) is 0 Å². The van der Waals surface area contributed by atoms with Gasteiger partial charge in [-0.05, 0) is 12.1 Å². The molecular formula is C9H7N2. The lowest BCUT2D eigenvalue weighted by Gasteiger charge is -1.93. The zero-order valence-electron chi connectivity index (χ0n) is 5.99. The highest BCUT2D eigenvalue weighted by molar-refractivity contribution is 6.13. The van der Waals surface area contributed by atoms with E-state index in [1.165, 1.54) is 0 Å². The van der Waals surface area contributed by atoms with Gasteiger partial charge in [-0.3, -0.25) is 0 Å². The van der Waals surface area contributed by atoms with Gasteiger partial charge in [0.1, 0.15) is 0 Å². The minimum atomic E-state index is 0.862. The Bertz CT molecular complexity index is 326. The summed E-state index contributed by atoms with van der Waals surface area (Å²) in [5, 5.41) is 3.95. The highest BCUT2D eigenvalue weighted by atomic mass is 15.3. The maximum absolute atomic E-state index is 3.97. The highest BCUT2D eigenvalue weighted by Crippen LogP contribution is 2.21. The normalized spacial score (nSPS) is 13.3. The number of allylic oxidation sites excluding steroid dienone is 1. The Morgan fingerprint density at radius 2 is 2.09 bits per heavy atom. The van der Waals surface area contributed by atoms with Gasteiger partial charge in [0.25, 0.3) is 0 Å². The van der Waals surface area contributed by atoms with E-state index in [4.69, 9.17) is 0 Å². The second-order valence-corrected chi connectivity index (χ2v) is 2.31. The molecule has 0 N–H and O–H groups in total. The Balaban J connectivity index is 2.56. The molecule has 1 aliphatic heterocycles. The molecule has 1 heterocycles. The molecule has 1 aromatic carbocycles. The van der Waals surface area contributed by atoms with Crippen molar-refractivity contribution >= 4 is 11.4 Å². The summed E-state index contributed by atoms with van der Waals surface area (Å²) in [5.74, 6) is 0. The van der Waals surface area contributed by atoms with Crippen molar-refractivity contribution in [1.29, 1.82) is 0 Å². The molecule has 1 aliphatic rings. The van der Waals surface area contributed by atoms with E-state index in [9.17, 15) is 0 Å². The second-order valence-electron chi connectivity index (χ2n) is 2.31.